The van der Waals surface area contributed by atoms with Crippen molar-refractivity contribution in [2.45, 2.75) is 25.4 Å². The van der Waals surface area contributed by atoms with Crippen LogP contribution >= 0.6 is 0 Å². The van der Waals surface area contributed by atoms with Gasteiger partial charge in [-0.25, -0.2) is 8.42 Å². The minimum atomic E-state index is -4.48. The average Bonchev–Trinajstić information content (AvgIpc) is 2.39. The number of hydrogen-bond donors (Lipinski definition) is 1. The largest absolute Gasteiger partial charge is 0.416 e. The van der Waals surface area contributed by atoms with Gasteiger partial charge in [-0.15, -0.1) is 0 Å². The molecule has 24 heavy (non-hydrogen) atoms. The molecule has 1 aliphatic carbocycles. The number of anilines is 1. The molecular formula is C15H19F3N2O3S. The number of rotatable bonds is 6. The monoisotopic (exact) mass is 364 g/mol. The Morgan fingerprint density at radius 1 is 1.25 bits per heavy atom. The van der Waals surface area contributed by atoms with Gasteiger partial charge < -0.3 is 5.32 Å². The van der Waals surface area contributed by atoms with E-state index in [1.54, 1.807) is 0 Å². The minimum Gasteiger partial charge on any atom is -0.354 e. The van der Waals surface area contributed by atoms with Gasteiger partial charge in [0.2, 0.25) is 15.9 Å². The highest BCUT2D eigenvalue weighted by Gasteiger charge is 2.30. The van der Waals surface area contributed by atoms with Crippen molar-refractivity contribution in [3.8, 4) is 0 Å². The molecule has 1 amide bonds. The van der Waals surface area contributed by atoms with E-state index in [1.807, 2.05) is 0 Å². The second-order valence-corrected chi connectivity index (χ2v) is 7.71. The fraction of sp³-hybridized carbons (Fsp3) is 0.533. The topological polar surface area (TPSA) is 66.5 Å². The Hall–Kier alpha value is -1.77. The van der Waals surface area contributed by atoms with Gasteiger partial charge in [-0.2, -0.15) is 13.2 Å². The van der Waals surface area contributed by atoms with E-state index in [1.165, 1.54) is 0 Å². The first-order valence-electron chi connectivity index (χ1n) is 7.52. The average molecular weight is 364 g/mol. The predicted octanol–water partition coefficient (Wildman–Crippen LogP) is 2.39. The van der Waals surface area contributed by atoms with Gasteiger partial charge in [-0.05, 0) is 37.1 Å². The molecule has 2 rings (SSSR count). The first kappa shape index (κ1) is 18.6. The SMILES string of the molecule is CS(=O)(=O)N(CCNC(=O)C1CCC1)c1ccc(C(F)(F)F)cc1. The number of carbonyl (C=O) groups is 1. The lowest BCUT2D eigenvalue weighted by Crippen LogP contribution is -2.41. The Kier molecular flexibility index (Phi) is 5.42. The second-order valence-electron chi connectivity index (χ2n) is 5.80. The van der Waals surface area contributed by atoms with Gasteiger partial charge >= 0.3 is 6.18 Å². The third-order valence-corrected chi connectivity index (χ3v) is 5.17. The number of amides is 1. The van der Waals surface area contributed by atoms with Crippen LogP contribution in [0.2, 0.25) is 0 Å². The number of benzene rings is 1. The third kappa shape index (κ3) is 4.62. The van der Waals surface area contributed by atoms with Crippen molar-refractivity contribution >= 4 is 21.6 Å². The zero-order chi connectivity index (χ0) is 18.0. The van der Waals surface area contributed by atoms with E-state index in [4.69, 9.17) is 0 Å². The van der Waals surface area contributed by atoms with E-state index in [2.05, 4.69) is 5.32 Å². The second kappa shape index (κ2) is 7.00. The van der Waals surface area contributed by atoms with E-state index in [0.29, 0.717) is 0 Å². The Morgan fingerprint density at radius 3 is 2.25 bits per heavy atom. The van der Waals surface area contributed by atoms with Crippen molar-refractivity contribution in [3.05, 3.63) is 29.8 Å². The summed E-state index contributed by atoms with van der Waals surface area (Å²) in [5, 5.41) is 2.67. The fourth-order valence-electron chi connectivity index (χ4n) is 2.40. The quantitative estimate of drug-likeness (QED) is 0.843. The van der Waals surface area contributed by atoms with Gasteiger partial charge in [0, 0.05) is 12.5 Å². The predicted molar refractivity (Wildman–Crippen MR) is 84.0 cm³/mol. The van der Waals surface area contributed by atoms with E-state index >= 15 is 0 Å². The van der Waals surface area contributed by atoms with Crippen LogP contribution in [0.1, 0.15) is 24.8 Å². The van der Waals surface area contributed by atoms with Gasteiger partial charge in [0.25, 0.3) is 0 Å². The van der Waals surface area contributed by atoms with E-state index in [-0.39, 0.29) is 30.6 Å². The number of carbonyl (C=O) groups excluding carboxylic acids is 1. The van der Waals surface area contributed by atoms with Crippen LogP contribution in [0.3, 0.4) is 0 Å². The molecule has 5 nitrogen and oxygen atoms in total. The van der Waals surface area contributed by atoms with Crippen LogP contribution in [-0.2, 0) is 21.0 Å². The molecule has 0 spiro atoms. The van der Waals surface area contributed by atoms with Crippen LogP contribution in [0, 0.1) is 5.92 Å². The maximum absolute atomic E-state index is 12.6. The molecule has 1 aromatic carbocycles. The number of nitrogens with one attached hydrogen (secondary N) is 1. The molecule has 0 atom stereocenters. The summed E-state index contributed by atoms with van der Waals surface area (Å²) in [5.74, 6) is -0.120. The fourth-order valence-corrected chi connectivity index (χ4v) is 3.33. The van der Waals surface area contributed by atoms with Crippen molar-refractivity contribution < 1.29 is 26.4 Å². The summed E-state index contributed by atoms with van der Waals surface area (Å²) >= 11 is 0. The smallest absolute Gasteiger partial charge is 0.354 e. The maximum Gasteiger partial charge on any atom is 0.416 e. The first-order chi connectivity index (χ1) is 11.1. The summed E-state index contributed by atoms with van der Waals surface area (Å²) in [5.41, 5.74) is -0.721. The van der Waals surface area contributed by atoms with Gasteiger partial charge in [-0.1, -0.05) is 6.42 Å². The highest BCUT2D eigenvalue weighted by atomic mass is 32.2. The van der Waals surface area contributed by atoms with Crippen molar-refractivity contribution in [3.63, 3.8) is 0 Å². The Bertz CT molecular complexity index is 683. The Morgan fingerprint density at radius 2 is 1.83 bits per heavy atom. The molecule has 0 saturated heterocycles. The lowest BCUT2D eigenvalue weighted by molar-refractivity contribution is -0.137. The molecule has 1 N–H and O–H groups in total. The van der Waals surface area contributed by atoms with E-state index < -0.39 is 21.8 Å². The number of alkyl halides is 3. The molecule has 0 radical (unpaired) electrons. The van der Waals surface area contributed by atoms with Crippen LogP contribution in [-0.4, -0.2) is 33.7 Å². The zero-order valence-corrected chi connectivity index (χ0v) is 14.0. The molecule has 0 heterocycles. The molecular weight excluding hydrogens is 345 g/mol. The van der Waals surface area contributed by atoms with Crippen molar-refractivity contribution in [2.75, 3.05) is 23.7 Å². The summed E-state index contributed by atoms with van der Waals surface area (Å²) in [4.78, 5) is 11.7. The van der Waals surface area contributed by atoms with Gasteiger partial charge in [0.1, 0.15) is 0 Å². The van der Waals surface area contributed by atoms with Crippen molar-refractivity contribution in [1.82, 2.24) is 5.32 Å². The van der Waals surface area contributed by atoms with E-state index in [0.717, 1.165) is 54.1 Å². The molecule has 1 fully saturated rings. The summed E-state index contributed by atoms with van der Waals surface area (Å²) in [6.07, 6.45) is -0.830. The van der Waals surface area contributed by atoms with Crippen LogP contribution in [0.15, 0.2) is 24.3 Å². The van der Waals surface area contributed by atoms with Crippen LogP contribution < -0.4 is 9.62 Å². The van der Waals surface area contributed by atoms with Gasteiger partial charge in [0.05, 0.1) is 24.1 Å². The lowest BCUT2D eigenvalue weighted by atomic mass is 9.85. The molecule has 0 unspecified atom stereocenters. The third-order valence-electron chi connectivity index (χ3n) is 3.97. The molecule has 134 valence electrons. The van der Waals surface area contributed by atoms with Crippen molar-refractivity contribution in [2.24, 2.45) is 5.92 Å². The highest BCUT2D eigenvalue weighted by molar-refractivity contribution is 7.92. The first-order valence-corrected chi connectivity index (χ1v) is 9.36. The van der Waals surface area contributed by atoms with Gasteiger partial charge in [0.15, 0.2) is 0 Å². The lowest BCUT2D eigenvalue weighted by Gasteiger charge is -2.26. The molecule has 0 aromatic heterocycles. The minimum absolute atomic E-state index is 0.0113. The Labute approximate surface area is 138 Å². The van der Waals surface area contributed by atoms with Gasteiger partial charge in [-0.3, -0.25) is 9.10 Å². The molecule has 0 bridgehead atoms. The summed E-state index contributed by atoms with van der Waals surface area (Å²) in [7, 11) is -3.68. The van der Waals surface area contributed by atoms with Crippen LogP contribution in [0.4, 0.5) is 18.9 Å². The molecule has 1 aromatic rings. The standard InChI is InChI=1S/C15H19F3N2O3S/c1-24(22,23)20(10-9-19-14(21)11-3-2-4-11)13-7-5-12(6-8-13)15(16,17)18/h5-8,11H,2-4,9-10H2,1H3,(H,19,21). The zero-order valence-electron chi connectivity index (χ0n) is 13.1. The summed E-state index contributed by atoms with van der Waals surface area (Å²) < 4.78 is 62.5. The highest BCUT2D eigenvalue weighted by Crippen LogP contribution is 2.31. The van der Waals surface area contributed by atoms with Crippen LogP contribution in [0.25, 0.3) is 0 Å². The number of sulfonamides is 1. The van der Waals surface area contributed by atoms with Crippen molar-refractivity contribution in [1.29, 1.82) is 0 Å². The molecule has 1 aliphatic rings. The maximum atomic E-state index is 12.6. The molecule has 1 saturated carbocycles. The van der Waals surface area contributed by atoms with Crippen LogP contribution in [0.5, 0.6) is 0 Å². The normalized spacial score (nSPS) is 15.7. The number of halogens is 3. The molecule has 0 aliphatic heterocycles. The molecule has 9 heteroatoms. The van der Waals surface area contributed by atoms with E-state index in [9.17, 15) is 26.4 Å². The number of nitrogens with zero attached hydrogens (tertiary/aromatic N) is 1. The Balaban J connectivity index is 2.04. The summed E-state index contributed by atoms with van der Waals surface area (Å²) in [6, 6.07) is 3.89. The number of hydrogen-bond acceptors (Lipinski definition) is 3. The summed E-state index contributed by atoms with van der Waals surface area (Å²) in [6.45, 7) is 0.0616.